The lowest BCUT2D eigenvalue weighted by atomic mass is 10.0. The summed E-state index contributed by atoms with van der Waals surface area (Å²) in [5.41, 5.74) is 2.95. The van der Waals surface area contributed by atoms with Crippen molar-refractivity contribution < 1.29 is 9.90 Å². The molecule has 3 aromatic rings. The molecule has 1 amide bonds. The van der Waals surface area contributed by atoms with E-state index in [1.165, 1.54) is 18.6 Å². The highest BCUT2D eigenvalue weighted by Gasteiger charge is 2.18. The predicted molar refractivity (Wildman–Crippen MR) is 95.6 cm³/mol. The van der Waals surface area contributed by atoms with Gasteiger partial charge in [-0.05, 0) is 25.5 Å². The zero-order valence-corrected chi connectivity index (χ0v) is 14.0. The summed E-state index contributed by atoms with van der Waals surface area (Å²) in [6, 6.07) is 7.02. The number of nitrogens with zero attached hydrogens (tertiary/aromatic N) is 1. The molecule has 1 aromatic carbocycles. The van der Waals surface area contributed by atoms with Gasteiger partial charge in [0.15, 0.2) is 0 Å². The summed E-state index contributed by atoms with van der Waals surface area (Å²) >= 11 is 0. The lowest BCUT2D eigenvalue weighted by molar-refractivity contribution is 0.0917. The van der Waals surface area contributed by atoms with Crippen molar-refractivity contribution in [3.63, 3.8) is 0 Å². The molecule has 0 saturated carbocycles. The Morgan fingerprint density at radius 3 is 2.60 bits per heavy atom. The number of amides is 1. The fourth-order valence-corrected chi connectivity index (χ4v) is 2.97. The maximum Gasteiger partial charge on any atom is 0.257 e. The molecule has 128 valence electrons. The first kappa shape index (κ1) is 16.9. The monoisotopic (exact) mass is 337 g/mol. The number of pyridine rings is 2. The van der Waals surface area contributed by atoms with Crippen LogP contribution in [0.4, 0.5) is 0 Å². The summed E-state index contributed by atoms with van der Waals surface area (Å²) in [6.07, 6.45) is 4.35. The van der Waals surface area contributed by atoms with Crippen LogP contribution in [-0.2, 0) is 0 Å². The third-order valence-corrected chi connectivity index (χ3v) is 4.08. The normalized spacial score (nSPS) is 12.1. The van der Waals surface area contributed by atoms with Crippen LogP contribution < -0.4 is 10.9 Å². The van der Waals surface area contributed by atoms with E-state index in [1.807, 2.05) is 32.0 Å². The summed E-state index contributed by atoms with van der Waals surface area (Å²) in [4.78, 5) is 31.1. The van der Waals surface area contributed by atoms with Gasteiger partial charge in [0.1, 0.15) is 0 Å². The third-order valence-electron chi connectivity index (χ3n) is 4.08. The standard InChI is InChI=1S/C19H19N3O3/c1-11-5-12(2)7-13(6-11)17(10-23)22-19(25)16-9-20-8-15-14(16)3-4-21-18(15)24/h3-9,17,23H,10H2,1-2H3,(H,21,24)(H,22,25). The zero-order valence-electron chi connectivity index (χ0n) is 14.0. The molecule has 2 heterocycles. The van der Waals surface area contributed by atoms with Crippen molar-refractivity contribution in [2.24, 2.45) is 0 Å². The second-order valence-corrected chi connectivity index (χ2v) is 6.08. The molecule has 0 bridgehead atoms. The number of aryl methyl sites for hydroxylation is 2. The van der Waals surface area contributed by atoms with Gasteiger partial charge in [0.2, 0.25) is 0 Å². The van der Waals surface area contributed by atoms with Gasteiger partial charge in [-0.15, -0.1) is 0 Å². The predicted octanol–water partition coefficient (Wildman–Crippen LogP) is 2.00. The number of aliphatic hydroxyl groups is 1. The van der Waals surface area contributed by atoms with Gasteiger partial charge in [0.25, 0.3) is 11.5 Å². The number of hydrogen-bond acceptors (Lipinski definition) is 4. The van der Waals surface area contributed by atoms with Crippen molar-refractivity contribution in [2.75, 3.05) is 6.61 Å². The molecular formula is C19H19N3O3. The summed E-state index contributed by atoms with van der Waals surface area (Å²) in [5.74, 6) is -0.387. The number of aromatic amines is 1. The molecule has 0 aliphatic rings. The quantitative estimate of drug-likeness (QED) is 0.678. The second-order valence-electron chi connectivity index (χ2n) is 6.08. The van der Waals surface area contributed by atoms with Gasteiger partial charge in [-0.2, -0.15) is 0 Å². The molecule has 25 heavy (non-hydrogen) atoms. The van der Waals surface area contributed by atoms with Gasteiger partial charge >= 0.3 is 0 Å². The van der Waals surface area contributed by atoms with Crippen molar-refractivity contribution in [3.05, 3.63) is 75.5 Å². The molecule has 2 aromatic heterocycles. The number of aliphatic hydroxyl groups excluding tert-OH is 1. The van der Waals surface area contributed by atoms with Gasteiger partial charge in [-0.1, -0.05) is 29.3 Å². The van der Waals surface area contributed by atoms with Gasteiger partial charge < -0.3 is 15.4 Å². The number of carbonyl (C=O) groups is 1. The van der Waals surface area contributed by atoms with E-state index in [0.29, 0.717) is 16.3 Å². The van der Waals surface area contributed by atoms with E-state index < -0.39 is 6.04 Å². The fourth-order valence-electron chi connectivity index (χ4n) is 2.97. The molecule has 0 aliphatic heterocycles. The third kappa shape index (κ3) is 3.44. The van der Waals surface area contributed by atoms with E-state index in [0.717, 1.165) is 16.7 Å². The van der Waals surface area contributed by atoms with Crippen LogP contribution in [0.25, 0.3) is 10.8 Å². The van der Waals surface area contributed by atoms with Gasteiger partial charge in [-0.25, -0.2) is 0 Å². The molecular weight excluding hydrogens is 318 g/mol. The minimum atomic E-state index is -0.539. The van der Waals surface area contributed by atoms with E-state index in [9.17, 15) is 14.7 Å². The second kappa shape index (κ2) is 6.86. The minimum Gasteiger partial charge on any atom is -0.394 e. The summed E-state index contributed by atoms with van der Waals surface area (Å²) in [5, 5.41) is 13.4. The van der Waals surface area contributed by atoms with Crippen LogP contribution in [0.15, 0.2) is 47.7 Å². The molecule has 0 aliphatic carbocycles. The Kier molecular flexibility index (Phi) is 4.63. The van der Waals surface area contributed by atoms with Crippen molar-refractivity contribution >= 4 is 16.7 Å². The maximum atomic E-state index is 12.7. The van der Waals surface area contributed by atoms with Crippen molar-refractivity contribution in [1.82, 2.24) is 15.3 Å². The van der Waals surface area contributed by atoms with Crippen LogP contribution >= 0.6 is 0 Å². The van der Waals surface area contributed by atoms with Gasteiger partial charge in [0, 0.05) is 24.0 Å². The maximum absolute atomic E-state index is 12.7. The Bertz CT molecular complexity index is 974. The number of benzene rings is 1. The number of nitrogens with one attached hydrogen (secondary N) is 2. The Labute approximate surface area is 144 Å². The van der Waals surface area contributed by atoms with E-state index in [1.54, 1.807) is 6.07 Å². The topological polar surface area (TPSA) is 95.1 Å². The Morgan fingerprint density at radius 1 is 1.20 bits per heavy atom. The van der Waals surface area contributed by atoms with Crippen molar-refractivity contribution in [3.8, 4) is 0 Å². The van der Waals surface area contributed by atoms with Crippen LogP contribution in [-0.4, -0.2) is 27.6 Å². The molecule has 3 N–H and O–H groups in total. The van der Waals surface area contributed by atoms with Gasteiger partial charge in [-0.3, -0.25) is 14.6 Å². The van der Waals surface area contributed by atoms with Gasteiger partial charge in [0.05, 0.1) is 23.6 Å². The molecule has 1 atom stereocenters. The average molecular weight is 337 g/mol. The Balaban J connectivity index is 1.96. The molecule has 1 unspecified atom stereocenters. The molecule has 0 radical (unpaired) electrons. The zero-order chi connectivity index (χ0) is 18.0. The summed E-state index contributed by atoms with van der Waals surface area (Å²) in [7, 11) is 0. The van der Waals surface area contributed by atoms with E-state index in [2.05, 4.69) is 15.3 Å². The fraction of sp³-hybridized carbons (Fsp3) is 0.211. The molecule has 6 heteroatoms. The first-order valence-corrected chi connectivity index (χ1v) is 7.95. The Hall–Kier alpha value is -2.99. The number of hydrogen-bond donors (Lipinski definition) is 3. The molecule has 0 saturated heterocycles. The lowest BCUT2D eigenvalue weighted by Crippen LogP contribution is -2.31. The van der Waals surface area contributed by atoms with Crippen LogP contribution in [0.1, 0.15) is 33.1 Å². The number of fused-ring (bicyclic) bond motifs is 1. The average Bonchev–Trinajstić information content (AvgIpc) is 2.58. The van der Waals surface area contributed by atoms with E-state index in [4.69, 9.17) is 0 Å². The largest absolute Gasteiger partial charge is 0.394 e. The minimum absolute atomic E-state index is 0.229. The Morgan fingerprint density at radius 2 is 1.92 bits per heavy atom. The summed E-state index contributed by atoms with van der Waals surface area (Å²) < 4.78 is 0. The van der Waals surface area contributed by atoms with E-state index in [-0.39, 0.29) is 18.1 Å². The first-order chi connectivity index (χ1) is 12.0. The van der Waals surface area contributed by atoms with Crippen molar-refractivity contribution in [2.45, 2.75) is 19.9 Å². The van der Waals surface area contributed by atoms with Crippen LogP contribution in [0.5, 0.6) is 0 Å². The van der Waals surface area contributed by atoms with E-state index >= 15 is 0 Å². The number of carbonyl (C=O) groups excluding carboxylic acids is 1. The first-order valence-electron chi connectivity index (χ1n) is 7.95. The molecule has 6 nitrogen and oxygen atoms in total. The highest BCUT2D eigenvalue weighted by Crippen LogP contribution is 2.19. The smallest absolute Gasteiger partial charge is 0.257 e. The molecule has 0 spiro atoms. The van der Waals surface area contributed by atoms with Crippen LogP contribution in [0, 0.1) is 13.8 Å². The van der Waals surface area contributed by atoms with Crippen LogP contribution in [0.3, 0.4) is 0 Å². The number of aromatic nitrogens is 2. The highest BCUT2D eigenvalue weighted by molar-refractivity contribution is 6.06. The number of rotatable bonds is 4. The molecule has 0 fully saturated rings. The lowest BCUT2D eigenvalue weighted by Gasteiger charge is -2.18. The van der Waals surface area contributed by atoms with Crippen LogP contribution in [0.2, 0.25) is 0 Å². The van der Waals surface area contributed by atoms with Crippen molar-refractivity contribution in [1.29, 1.82) is 0 Å². The molecule has 3 rings (SSSR count). The number of H-pyrrole nitrogens is 1. The SMILES string of the molecule is Cc1cc(C)cc(C(CO)NC(=O)c2cncc3c(=O)[nH]ccc23)c1. The highest BCUT2D eigenvalue weighted by atomic mass is 16.3. The summed E-state index contributed by atoms with van der Waals surface area (Å²) in [6.45, 7) is 3.70.